The Balaban J connectivity index is 1.87. The second-order valence-electron chi connectivity index (χ2n) is 6.89. The number of aliphatic hydroxyl groups is 1. The van der Waals surface area contributed by atoms with Gasteiger partial charge in [0.1, 0.15) is 30.5 Å². The summed E-state index contributed by atoms with van der Waals surface area (Å²) in [7, 11) is 2.60. The summed E-state index contributed by atoms with van der Waals surface area (Å²) in [4.78, 5) is 16.7. The number of rotatable bonds is 4. The maximum absolute atomic E-state index is 12.3. The van der Waals surface area contributed by atoms with Gasteiger partial charge >= 0.3 is 5.97 Å². The number of ether oxygens (including phenoxy) is 6. The minimum atomic E-state index is -1.67. The Kier molecular flexibility index (Phi) is 4.80. The quantitative estimate of drug-likeness (QED) is 0.699. The van der Waals surface area contributed by atoms with Crippen molar-refractivity contribution in [3.8, 4) is 0 Å². The molecule has 0 bridgehead atoms. The van der Waals surface area contributed by atoms with Crippen LogP contribution in [0.1, 0.15) is 27.2 Å². The van der Waals surface area contributed by atoms with E-state index in [1.165, 1.54) is 14.2 Å². The molecule has 2 saturated heterocycles. The molecular formula is C16H25NO8. The normalized spacial score (nSPS) is 40.8. The fraction of sp³-hybridized carbons (Fsp3) is 0.875. The molecule has 9 heteroatoms. The number of hydrogen-bond acceptors (Lipinski definition) is 9. The molecular weight excluding hydrogens is 334 g/mol. The number of nitrogens with zero attached hydrogens (tertiary/aromatic N) is 1. The highest BCUT2D eigenvalue weighted by Gasteiger charge is 2.59. The van der Waals surface area contributed by atoms with Crippen molar-refractivity contribution in [2.75, 3.05) is 20.8 Å². The molecule has 1 N–H and O–H groups in total. The fourth-order valence-electron chi connectivity index (χ4n) is 3.53. The van der Waals surface area contributed by atoms with Crippen LogP contribution in [0.2, 0.25) is 0 Å². The third-order valence-corrected chi connectivity index (χ3v) is 4.74. The van der Waals surface area contributed by atoms with Crippen molar-refractivity contribution in [1.29, 1.82) is 0 Å². The Morgan fingerprint density at radius 2 is 2.08 bits per heavy atom. The molecule has 6 atom stereocenters. The van der Waals surface area contributed by atoms with E-state index in [-0.39, 0.29) is 13.0 Å². The van der Waals surface area contributed by atoms with Crippen molar-refractivity contribution in [1.82, 2.24) is 0 Å². The lowest BCUT2D eigenvalue weighted by Gasteiger charge is -2.44. The number of aliphatic imine (C=N–C) groups is 1. The molecule has 2 fully saturated rings. The molecule has 3 aliphatic heterocycles. The van der Waals surface area contributed by atoms with E-state index in [0.717, 1.165) is 0 Å². The number of carbonyl (C=O) groups excluding carboxylic acids is 1. The van der Waals surface area contributed by atoms with Crippen LogP contribution in [-0.4, -0.2) is 79.8 Å². The Labute approximate surface area is 146 Å². The number of methoxy groups -OCH3 is 2. The molecule has 25 heavy (non-hydrogen) atoms. The van der Waals surface area contributed by atoms with Gasteiger partial charge in [0.15, 0.2) is 11.7 Å². The molecule has 0 aromatic rings. The molecule has 0 aromatic heterocycles. The molecule has 0 spiro atoms. The van der Waals surface area contributed by atoms with Crippen molar-refractivity contribution in [3.63, 3.8) is 0 Å². The average Bonchev–Trinajstić information content (AvgIpc) is 3.13. The van der Waals surface area contributed by atoms with Crippen LogP contribution in [0.5, 0.6) is 0 Å². The molecule has 0 saturated carbocycles. The van der Waals surface area contributed by atoms with Gasteiger partial charge in [-0.2, -0.15) is 0 Å². The van der Waals surface area contributed by atoms with Gasteiger partial charge in [-0.15, -0.1) is 0 Å². The van der Waals surface area contributed by atoms with Gasteiger partial charge in [-0.3, -0.25) is 0 Å². The van der Waals surface area contributed by atoms with Crippen LogP contribution in [0, 0.1) is 0 Å². The fourth-order valence-corrected chi connectivity index (χ4v) is 3.53. The van der Waals surface area contributed by atoms with Crippen molar-refractivity contribution in [2.24, 2.45) is 4.99 Å². The first-order valence-electron chi connectivity index (χ1n) is 8.23. The van der Waals surface area contributed by atoms with Crippen molar-refractivity contribution in [2.45, 2.75) is 69.2 Å². The number of fused-ring (bicyclic) bond motifs is 1. The van der Waals surface area contributed by atoms with Gasteiger partial charge in [-0.05, 0) is 13.8 Å². The zero-order chi connectivity index (χ0) is 18.4. The molecule has 0 aliphatic carbocycles. The van der Waals surface area contributed by atoms with Crippen LogP contribution in [-0.2, 0) is 33.2 Å². The summed E-state index contributed by atoms with van der Waals surface area (Å²) in [6.45, 7) is 5.44. The Morgan fingerprint density at radius 3 is 2.64 bits per heavy atom. The van der Waals surface area contributed by atoms with E-state index in [0.29, 0.717) is 5.90 Å². The Hall–Kier alpha value is -1.26. The zero-order valence-electron chi connectivity index (χ0n) is 15.1. The van der Waals surface area contributed by atoms with Crippen LogP contribution < -0.4 is 0 Å². The summed E-state index contributed by atoms with van der Waals surface area (Å²) in [5.41, 5.74) is 0. The van der Waals surface area contributed by atoms with Gasteiger partial charge in [0.25, 0.3) is 5.79 Å². The summed E-state index contributed by atoms with van der Waals surface area (Å²) in [5.74, 6) is -2.69. The maximum atomic E-state index is 12.3. The molecule has 0 radical (unpaired) electrons. The molecule has 9 nitrogen and oxygen atoms in total. The van der Waals surface area contributed by atoms with Crippen molar-refractivity contribution < 1.29 is 38.3 Å². The molecule has 0 amide bonds. The van der Waals surface area contributed by atoms with E-state index in [1.54, 1.807) is 20.8 Å². The number of aliphatic hydroxyl groups excluding tert-OH is 1. The minimum Gasteiger partial charge on any atom is -0.475 e. The van der Waals surface area contributed by atoms with Crippen molar-refractivity contribution >= 4 is 11.9 Å². The van der Waals surface area contributed by atoms with Crippen molar-refractivity contribution in [3.05, 3.63) is 0 Å². The standard InChI is InChI=1S/C16H25NO8/c1-8-17-11-9(23-8)6-16(21-5,14(19)20-4)25-13(11)12(18)10-7-22-15(2,3)24-10/h9-13,18H,6-7H2,1-5H3/t9-,10+,11+,12+,13?,16+/m0/s1. The maximum Gasteiger partial charge on any atom is 0.366 e. The van der Waals surface area contributed by atoms with E-state index in [2.05, 4.69) is 4.99 Å². The number of hydrogen-bond donors (Lipinski definition) is 1. The number of carbonyl (C=O) groups is 1. The van der Waals surface area contributed by atoms with E-state index in [4.69, 9.17) is 28.4 Å². The zero-order valence-corrected chi connectivity index (χ0v) is 15.1. The largest absolute Gasteiger partial charge is 0.475 e. The van der Waals surface area contributed by atoms with E-state index < -0.39 is 48.0 Å². The van der Waals surface area contributed by atoms with Gasteiger partial charge in [0.2, 0.25) is 0 Å². The van der Waals surface area contributed by atoms with Crippen LogP contribution in [0.3, 0.4) is 0 Å². The summed E-state index contributed by atoms with van der Waals surface area (Å²) in [5, 5.41) is 10.9. The summed E-state index contributed by atoms with van der Waals surface area (Å²) in [6, 6.07) is -0.477. The van der Waals surface area contributed by atoms with Gasteiger partial charge in [-0.25, -0.2) is 9.79 Å². The topological polar surface area (TPSA) is 105 Å². The van der Waals surface area contributed by atoms with Gasteiger partial charge < -0.3 is 33.5 Å². The SMILES string of the molecule is COC(=O)[C@@]1(OC)C[C@@H]2OC(C)=N[C@H]2C([C@H](O)[C@H]2COC(C)(C)O2)O1. The van der Waals surface area contributed by atoms with Crippen LogP contribution in [0.4, 0.5) is 0 Å². The molecule has 1 unspecified atom stereocenters. The molecule has 3 heterocycles. The highest BCUT2D eigenvalue weighted by molar-refractivity contribution is 5.79. The number of esters is 1. The average molecular weight is 359 g/mol. The van der Waals surface area contributed by atoms with Crippen LogP contribution in [0.15, 0.2) is 4.99 Å². The Morgan fingerprint density at radius 1 is 1.36 bits per heavy atom. The highest BCUT2D eigenvalue weighted by Crippen LogP contribution is 2.39. The van der Waals surface area contributed by atoms with E-state index >= 15 is 0 Å². The summed E-state index contributed by atoms with van der Waals surface area (Å²) in [6.07, 6.45) is -2.95. The van der Waals surface area contributed by atoms with Crippen LogP contribution >= 0.6 is 0 Å². The molecule has 3 aliphatic rings. The molecule has 0 aromatic carbocycles. The first kappa shape index (κ1) is 18.5. The first-order chi connectivity index (χ1) is 11.7. The lowest BCUT2D eigenvalue weighted by molar-refractivity contribution is -0.299. The summed E-state index contributed by atoms with van der Waals surface area (Å²) < 4.78 is 33.0. The third-order valence-electron chi connectivity index (χ3n) is 4.74. The lowest BCUT2D eigenvalue weighted by atomic mass is 9.89. The van der Waals surface area contributed by atoms with Gasteiger partial charge in [-0.1, -0.05) is 0 Å². The van der Waals surface area contributed by atoms with E-state index in [9.17, 15) is 9.90 Å². The monoisotopic (exact) mass is 359 g/mol. The first-order valence-corrected chi connectivity index (χ1v) is 8.23. The predicted molar refractivity (Wildman–Crippen MR) is 83.9 cm³/mol. The predicted octanol–water partition coefficient (Wildman–Crippen LogP) is -0.0108. The highest BCUT2D eigenvalue weighted by atomic mass is 16.8. The second-order valence-corrected chi connectivity index (χ2v) is 6.89. The molecule has 3 rings (SSSR count). The lowest BCUT2D eigenvalue weighted by Crippen LogP contribution is -2.62. The van der Waals surface area contributed by atoms with Crippen LogP contribution in [0.25, 0.3) is 0 Å². The molecule has 142 valence electrons. The Bertz CT molecular complexity index is 564. The van der Waals surface area contributed by atoms with E-state index in [1.807, 2.05) is 0 Å². The second kappa shape index (κ2) is 6.48. The minimum absolute atomic E-state index is 0.110. The summed E-state index contributed by atoms with van der Waals surface area (Å²) >= 11 is 0. The van der Waals surface area contributed by atoms with Gasteiger partial charge in [0.05, 0.1) is 20.1 Å². The smallest absolute Gasteiger partial charge is 0.366 e. The third kappa shape index (κ3) is 3.26. The van der Waals surface area contributed by atoms with Gasteiger partial charge in [0, 0.05) is 14.0 Å².